The van der Waals surface area contributed by atoms with Crippen molar-refractivity contribution in [3.05, 3.63) is 23.8 Å². The van der Waals surface area contributed by atoms with Gasteiger partial charge in [-0.1, -0.05) is 20.3 Å². The number of aliphatic hydroxyl groups excluding tert-OH is 1. The number of nitrogens with one attached hydrogen (secondary N) is 6. The lowest BCUT2D eigenvalue weighted by molar-refractivity contribution is -0.142. The summed E-state index contributed by atoms with van der Waals surface area (Å²) in [7, 11) is 0. The summed E-state index contributed by atoms with van der Waals surface area (Å²) in [6, 6.07) is -2.61. The Hall–Kier alpha value is -5.96. The van der Waals surface area contributed by atoms with Crippen molar-refractivity contribution in [3.63, 3.8) is 0 Å². The van der Waals surface area contributed by atoms with Crippen LogP contribution < -0.4 is 48.5 Å². The lowest BCUT2D eigenvalue weighted by Crippen LogP contribution is -2.59. The molecule has 3 heterocycles. The van der Waals surface area contributed by atoms with Gasteiger partial charge in [-0.3, -0.25) is 38.4 Å². The number of nitrogens with zero attached hydrogens (tertiary/aromatic N) is 1. The van der Waals surface area contributed by atoms with Crippen LogP contribution in [0.3, 0.4) is 0 Å². The summed E-state index contributed by atoms with van der Waals surface area (Å²) >= 11 is 0. The van der Waals surface area contributed by atoms with E-state index in [1.165, 1.54) is 18.2 Å². The summed E-state index contributed by atoms with van der Waals surface area (Å²) in [6.45, 7) is 1.33. The number of H-pyrrole nitrogens is 1. The predicted molar refractivity (Wildman–Crippen MR) is 188 cm³/mol. The average Bonchev–Trinajstić information content (AvgIpc) is 3.67. The van der Waals surface area contributed by atoms with Crippen LogP contribution in [0.5, 0.6) is 11.6 Å². The Bertz CT molecular complexity index is 1800. The third kappa shape index (κ3) is 10.1. The molecular formula is C33H46N10O11. The molecule has 0 spiro atoms. The van der Waals surface area contributed by atoms with Crippen LogP contribution in [0.1, 0.15) is 38.7 Å². The number of carbonyl (C=O) groups is 8. The fraction of sp³-hybridized carbons (Fsp3) is 0.515. The number of nitrogens with two attached hydrogens (primary N) is 3. The molecule has 8 amide bonds. The molecule has 1 aromatic heterocycles. The Balaban J connectivity index is 1.69. The molecule has 4 rings (SSSR count). The molecular weight excluding hydrogens is 712 g/mol. The van der Waals surface area contributed by atoms with Gasteiger partial charge < -0.3 is 68.6 Å². The van der Waals surface area contributed by atoms with Crippen molar-refractivity contribution in [1.82, 2.24) is 36.5 Å². The highest BCUT2D eigenvalue weighted by molar-refractivity contribution is 5.98. The first-order chi connectivity index (χ1) is 25.5. The normalized spacial score (nSPS) is 24.3. The van der Waals surface area contributed by atoms with E-state index in [9.17, 15) is 48.6 Å². The van der Waals surface area contributed by atoms with Crippen LogP contribution in [0.25, 0.3) is 10.9 Å². The number of primary amides is 2. The largest absolute Gasteiger partial charge is 0.508 e. The number of fused-ring (bicyclic) bond motifs is 3. The third-order valence-corrected chi connectivity index (χ3v) is 9.23. The molecule has 1 aromatic carbocycles. The zero-order valence-corrected chi connectivity index (χ0v) is 29.7. The number of ether oxygens (including phenoxy) is 1. The van der Waals surface area contributed by atoms with Crippen molar-refractivity contribution in [2.24, 2.45) is 23.1 Å². The number of likely N-dealkylation sites (tertiary alicyclic amines) is 1. The molecule has 21 heteroatoms. The number of benzene rings is 1. The molecule has 1 saturated heterocycles. The minimum absolute atomic E-state index is 0.0189. The van der Waals surface area contributed by atoms with E-state index in [-0.39, 0.29) is 31.0 Å². The molecule has 294 valence electrons. The number of aromatic hydroxyl groups is 1. The summed E-state index contributed by atoms with van der Waals surface area (Å²) in [5.74, 6) is -7.53. The van der Waals surface area contributed by atoms with E-state index in [0.29, 0.717) is 22.9 Å². The monoisotopic (exact) mass is 758 g/mol. The summed E-state index contributed by atoms with van der Waals surface area (Å²) in [4.78, 5) is 107. The van der Waals surface area contributed by atoms with Gasteiger partial charge >= 0.3 is 0 Å². The van der Waals surface area contributed by atoms with Crippen molar-refractivity contribution >= 4 is 58.2 Å². The lowest BCUT2D eigenvalue weighted by atomic mass is 9.98. The Morgan fingerprint density at radius 2 is 1.70 bits per heavy atom. The molecule has 0 unspecified atom stereocenters. The van der Waals surface area contributed by atoms with E-state index in [1.54, 1.807) is 13.8 Å². The van der Waals surface area contributed by atoms with Gasteiger partial charge in [0.1, 0.15) is 36.5 Å². The molecule has 0 saturated carbocycles. The summed E-state index contributed by atoms with van der Waals surface area (Å²) in [5.41, 5.74) is 17.7. The number of phenolic OH excluding ortho intramolecular Hbond substituents is 1. The van der Waals surface area contributed by atoms with Crippen LogP contribution in [0.4, 0.5) is 0 Å². The minimum atomic E-state index is -1.67. The molecule has 0 radical (unpaired) electrons. The van der Waals surface area contributed by atoms with Gasteiger partial charge in [0, 0.05) is 36.4 Å². The Labute approximate surface area is 308 Å². The molecule has 2 aliphatic rings. The second-order valence-corrected chi connectivity index (χ2v) is 13.3. The van der Waals surface area contributed by atoms with Crippen molar-refractivity contribution in [2.45, 2.75) is 75.8 Å². The molecule has 21 nitrogen and oxygen atoms in total. The van der Waals surface area contributed by atoms with Crippen LogP contribution >= 0.6 is 0 Å². The zero-order valence-electron chi connectivity index (χ0n) is 29.7. The first-order valence-electron chi connectivity index (χ1n) is 17.2. The van der Waals surface area contributed by atoms with E-state index >= 15 is 0 Å². The van der Waals surface area contributed by atoms with E-state index in [0.717, 1.165) is 4.90 Å². The van der Waals surface area contributed by atoms with Gasteiger partial charge in [0.15, 0.2) is 5.88 Å². The van der Waals surface area contributed by atoms with Crippen LogP contribution in [0, 0.1) is 5.92 Å². The fourth-order valence-corrected chi connectivity index (χ4v) is 6.16. The van der Waals surface area contributed by atoms with Gasteiger partial charge in [0.25, 0.3) is 0 Å². The molecule has 7 atom stereocenters. The van der Waals surface area contributed by atoms with Crippen LogP contribution in [-0.4, -0.2) is 130 Å². The number of β-amino-alcohol motifs (C(OH)–C–C–N with tert-alkyl or cyclic N) is 1. The maximum Gasteiger partial charge on any atom is 0.246 e. The fourth-order valence-electron chi connectivity index (χ4n) is 6.16. The maximum absolute atomic E-state index is 13.8. The van der Waals surface area contributed by atoms with Crippen molar-refractivity contribution in [3.8, 4) is 11.6 Å². The van der Waals surface area contributed by atoms with Gasteiger partial charge in [-0.15, -0.1) is 0 Å². The molecule has 2 aliphatic heterocycles. The first-order valence-corrected chi connectivity index (χ1v) is 17.2. The average molecular weight is 759 g/mol. The number of carbonyl (C=O) groups excluding carboxylic acids is 8. The number of aromatic nitrogens is 1. The second-order valence-electron chi connectivity index (χ2n) is 13.3. The highest BCUT2D eigenvalue weighted by Gasteiger charge is 2.41. The SMILES string of the molecule is CC[C@H](C)[C@@H]1NC(=O)CNC(=O)[C@H](N)Cc2c([nH]c3cc(O)ccc23)OC[C@@H](C(=O)N[C@@H](CC(N)=O)C(=O)N2C[C@H](O)C[C@H]2C(N)=O)NC(=O)CNC1=O. The Morgan fingerprint density at radius 1 is 1.04 bits per heavy atom. The number of aliphatic hydroxyl groups is 1. The first kappa shape index (κ1) is 40.8. The highest BCUT2D eigenvalue weighted by Crippen LogP contribution is 2.31. The standard InChI is InChI=1S/C33H46N10O11/c1-3-14(2)27-31(52)38-10-25(47)39-22(30(51)40-21(9-24(35)46)33(53)43-12-16(45)7-23(43)28(36)49)13-54-32-18(17-5-4-15(44)6-20(17)41-32)8-19(34)29(50)37-11-26(48)42-27/h4-6,14,16,19,21-23,27,41,44-45H,3,7-13,34H2,1-2H3,(H2,35,46)(H2,36,49)(H,37,50)(H,38,52)(H,39,47)(H,40,51)(H,42,48)/t14-,16+,19+,21-,22-,23-,27-/m0/s1. The molecule has 54 heavy (non-hydrogen) atoms. The van der Waals surface area contributed by atoms with E-state index in [1.807, 2.05) is 0 Å². The Morgan fingerprint density at radius 3 is 2.35 bits per heavy atom. The van der Waals surface area contributed by atoms with Crippen molar-refractivity contribution in [2.75, 3.05) is 26.2 Å². The van der Waals surface area contributed by atoms with Crippen LogP contribution in [-0.2, 0) is 44.8 Å². The molecule has 2 aromatic rings. The van der Waals surface area contributed by atoms with E-state index in [2.05, 4.69) is 31.6 Å². The second kappa shape index (κ2) is 17.7. The molecule has 0 aliphatic carbocycles. The number of hydrogen-bond donors (Lipinski definition) is 11. The van der Waals surface area contributed by atoms with Crippen LogP contribution in [0.2, 0.25) is 0 Å². The number of amides is 8. The van der Waals surface area contributed by atoms with E-state index < -0.39 is 116 Å². The number of aromatic amines is 1. The predicted octanol–water partition coefficient (Wildman–Crippen LogP) is -4.81. The molecule has 14 N–H and O–H groups in total. The summed E-state index contributed by atoms with van der Waals surface area (Å²) < 4.78 is 5.98. The van der Waals surface area contributed by atoms with Crippen LogP contribution in [0.15, 0.2) is 18.2 Å². The molecule has 0 bridgehead atoms. The third-order valence-electron chi connectivity index (χ3n) is 9.23. The topological polar surface area (TPSA) is 343 Å². The smallest absolute Gasteiger partial charge is 0.246 e. The summed E-state index contributed by atoms with van der Waals surface area (Å²) in [6.07, 6.45) is -1.74. The number of rotatable bonds is 8. The lowest BCUT2D eigenvalue weighted by Gasteiger charge is -2.28. The van der Waals surface area contributed by atoms with Gasteiger partial charge in [0.05, 0.1) is 37.2 Å². The zero-order chi connectivity index (χ0) is 39.9. The van der Waals surface area contributed by atoms with E-state index in [4.69, 9.17) is 21.9 Å². The number of hydrogen-bond acceptors (Lipinski definition) is 12. The Kier molecular flexibility index (Phi) is 13.4. The number of phenols is 1. The van der Waals surface area contributed by atoms with Gasteiger partial charge in [-0.2, -0.15) is 0 Å². The quantitative estimate of drug-likeness (QED) is 0.121. The minimum Gasteiger partial charge on any atom is -0.508 e. The van der Waals surface area contributed by atoms with Crippen molar-refractivity contribution in [1.29, 1.82) is 0 Å². The maximum atomic E-state index is 13.8. The van der Waals surface area contributed by atoms with Gasteiger partial charge in [0.2, 0.25) is 47.3 Å². The van der Waals surface area contributed by atoms with Gasteiger partial charge in [-0.05, 0) is 18.1 Å². The molecule has 1 fully saturated rings. The highest BCUT2D eigenvalue weighted by atomic mass is 16.5. The van der Waals surface area contributed by atoms with Gasteiger partial charge in [-0.25, -0.2) is 0 Å². The summed E-state index contributed by atoms with van der Waals surface area (Å²) in [5, 5.41) is 32.9. The van der Waals surface area contributed by atoms with Crippen molar-refractivity contribution < 1.29 is 53.3 Å².